The van der Waals surface area contributed by atoms with Crippen molar-refractivity contribution in [2.75, 3.05) is 13.7 Å². The SMILES string of the molecule is COc1ccc(C)cc1[C@@H](C)NC(=O)[C@H]1CCCN1C(=O)c1ccc(Br)cc1. The van der Waals surface area contributed by atoms with Crippen LogP contribution in [0.25, 0.3) is 0 Å². The van der Waals surface area contributed by atoms with Crippen molar-refractivity contribution < 1.29 is 14.3 Å². The predicted molar refractivity (Wildman–Crippen MR) is 112 cm³/mol. The van der Waals surface area contributed by atoms with Crippen LogP contribution in [-0.4, -0.2) is 36.4 Å². The lowest BCUT2D eigenvalue weighted by atomic mass is 10.0. The zero-order valence-electron chi connectivity index (χ0n) is 16.4. The molecule has 2 amide bonds. The van der Waals surface area contributed by atoms with Crippen LogP contribution in [0.2, 0.25) is 0 Å². The number of methoxy groups -OCH3 is 1. The molecular weight excluding hydrogens is 420 g/mol. The molecule has 1 N–H and O–H groups in total. The maximum absolute atomic E-state index is 13.0. The molecule has 1 aliphatic rings. The van der Waals surface area contributed by atoms with Crippen LogP contribution < -0.4 is 10.1 Å². The molecule has 2 aromatic carbocycles. The minimum absolute atomic E-state index is 0.106. The summed E-state index contributed by atoms with van der Waals surface area (Å²) in [6.07, 6.45) is 1.49. The number of nitrogens with zero attached hydrogens (tertiary/aromatic N) is 1. The van der Waals surface area contributed by atoms with E-state index in [-0.39, 0.29) is 17.9 Å². The van der Waals surface area contributed by atoms with Gasteiger partial charge in [0.2, 0.25) is 5.91 Å². The molecule has 0 spiro atoms. The van der Waals surface area contributed by atoms with Gasteiger partial charge in [-0.25, -0.2) is 0 Å². The minimum atomic E-state index is -0.450. The number of likely N-dealkylation sites (tertiary alicyclic amines) is 1. The predicted octanol–water partition coefficient (Wildman–Crippen LogP) is 4.25. The molecule has 1 heterocycles. The zero-order chi connectivity index (χ0) is 20.3. The first-order chi connectivity index (χ1) is 13.4. The van der Waals surface area contributed by atoms with E-state index >= 15 is 0 Å². The highest BCUT2D eigenvalue weighted by molar-refractivity contribution is 9.10. The second-order valence-corrected chi connectivity index (χ2v) is 8.05. The highest BCUT2D eigenvalue weighted by Crippen LogP contribution is 2.27. The molecule has 2 aromatic rings. The number of benzene rings is 2. The van der Waals surface area contributed by atoms with Crippen LogP contribution >= 0.6 is 15.9 Å². The van der Waals surface area contributed by atoms with Crippen molar-refractivity contribution in [1.29, 1.82) is 0 Å². The molecule has 28 heavy (non-hydrogen) atoms. The Morgan fingerprint density at radius 1 is 1.21 bits per heavy atom. The van der Waals surface area contributed by atoms with Gasteiger partial charge in [0.25, 0.3) is 5.91 Å². The van der Waals surface area contributed by atoms with Gasteiger partial charge in [-0.2, -0.15) is 0 Å². The van der Waals surface area contributed by atoms with Crippen LogP contribution in [0.4, 0.5) is 0 Å². The van der Waals surface area contributed by atoms with Gasteiger partial charge in [-0.1, -0.05) is 33.6 Å². The Balaban J connectivity index is 1.73. The lowest BCUT2D eigenvalue weighted by molar-refractivity contribution is -0.125. The minimum Gasteiger partial charge on any atom is -0.496 e. The summed E-state index contributed by atoms with van der Waals surface area (Å²) in [7, 11) is 1.62. The van der Waals surface area contributed by atoms with Crippen LogP contribution in [0.1, 0.15) is 47.3 Å². The number of hydrogen-bond donors (Lipinski definition) is 1. The van der Waals surface area contributed by atoms with E-state index in [2.05, 4.69) is 21.2 Å². The first-order valence-electron chi connectivity index (χ1n) is 9.42. The first-order valence-corrected chi connectivity index (χ1v) is 10.2. The summed E-state index contributed by atoms with van der Waals surface area (Å²) in [5.74, 6) is 0.512. The third-order valence-electron chi connectivity index (χ3n) is 5.12. The number of rotatable bonds is 5. The van der Waals surface area contributed by atoms with E-state index in [0.717, 1.165) is 27.8 Å². The number of carbonyl (C=O) groups excluding carboxylic acids is 2. The Kier molecular flexibility index (Phi) is 6.39. The number of amides is 2. The molecule has 1 saturated heterocycles. The van der Waals surface area contributed by atoms with Crippen molar-refractivity contribution >= 4 is 27.7 Å². The first kappa shape index (κ1) is 20.4. The van der Waals surface area contributed by atoms with Gasteiger partial charge >= 0.3 is 0 Å². The van der Waals surface area contributed by atoms with Crippen molar-refractivity contribution in [3.05, 3.63) is 63.6 Å². The average molecular weight is 445 g/mol. The van der Waals surface area contributed by atoms with Crippen LogP contribution in [0, 0.1) is 6.92 Å². The molecule has 3 rings (SSSR count). The standard InChI is InChI=1S/C22H25BrN2O3/c1-14-6-11-20(28-3)18(13-14)15(2)24-21(26)19-5-4-12-25(19)22(27)16-7-9-17(23)10-8-16/h6-11,13,15,19H,4-5,12H2,1-3H3,(H,24,26)/t15-,19-/m1/s1. The molecule has 2 atom stereocenters. The Morgan fingerprint density at radius 2 is 1.93 bits per heavy atom. The van der Waals surface area contributed by atoms with E-state index in [0.29, 0.717) is 18.5 Å². The third kappa shape index (κ3) is 4.38. The quantitative estimate of drug-likeness (QED) is 0.749. The smallest absolute Gasteiger partial charge is 0.254 e. The van der Waals surface area contributed by atoms with Crippen LogP contribution in [0.5, 0.6) is 5.75 Å². The topological polar surface area (TPSA) is 58.6 Å². The Morgan fingerprint density at radius 3 is 2.61 bits per heavy atom. The van der Waals surface area contributed by atoms with E-state index in [4.69, 9.17) is 4.74 Å². The second-order valence-electron chi connectivity index (χ2n) is 7.14. The molecular formula is C22H25BrN2O3. The number of ether oxygens (including phenoxy) is 1. The monoisotopic (exact) mass is 444 g/mol. The molecule has 0 aliphatic carbocycles. The Hall–Kier alpha value is -2.34. The van der Waals surface area contributed by atoms with Crippen LogP contribution in [-0.2, 0) is 4.79 Å². The highest BCUT2D eigenvalue weighted by atomic mass is 79.9. The molecule has 1 aliphatic heterocycles. The fourth-order valence-electron chi connectivity index (χ4n) is 3.62. The molecule has 0 saturated carbocycles. The van der Waals surface area contributed by atoms with E-state index < -0.39 is 6.04 Å². The average Bonchev–Trinajstić information content (AvgIpc) is 3.18. The number of hydrogen-bond acceptors (Lipinski definition) is 3. The van der Waals surface area contributed by atoms with Crippen molar-refractivity contribution in [3.8, 4) is 5.75 Å². The van der Waals surface area contributed by atoms with Crippen molar-refractivity contribution in [2.45, 2.75) is 38.8 Å². The maximum atomic E-state index is 13.0. The van der Waals surface area contributed by atoms with Crippen molar-refractivity contribution in [3.63, 3.8) is 0 Å². The van der Waals surface area contributed by atoms with E-state index in [1.54, 1.807) is 24.1 Å². The summed E-state index contributed by atoms with van der Waals surface area (Å²) in [4.78, 5) is 27.5. The van der Waals surface area contributed by atoms with Gasteiger partial charge in [-0.3, -0.25) is 9.59 Å². The van der Waals surface area contributed by atoms with E-state index in [1.165, 1.54) is 0 Å². The molecule has 148 valence electrons. The summed E-state index contributed by atoms with van der Waals surface area (Å²) in [6.45, 7) is 4.53. The van der Waals surface area contributed by atoms with Crippen LogP contribution in [0.15, 0.2) is 46.9 Å². The molecule has 0 radical (unpaired) electrons. The number of aryl methyl sites for hydroxylation is 1. The van der Waals surface area contributed by atoms with Gasteiger partial charge in [-0.15, -0.1) is 0 Å². The second kappa shape index (κ2) is 8.78. The van der Waals surface area contributed by atoms with Gasteiger partial charge in [0.1, 0.15) is 11.8 Å². The number of halogens is 1. The van der Waals surface area contributed by atoms with E-state index in [9.17, 15) is 9.59 Å². The summed E-state index contributed by atoms with van der Waals surface area (Å²) in [5, 5.41) is 3.07. The largest absolute Gasteiger partial charge is 0.496 e. The molecule has 0 aromatic heterocycles. The molecule has 6 heteroatoms. The molecule has 1 fully saturated rings. The van der Waals surface area contributed by atoms with Crippen molar-refractivity contribution in [1.82, 2.24) is 10.2 Å². The number of nitrogens with one attached hydrogen (secondary N) is 1. The van der Waals surface area contributed by atoms with E-state index in [1.807, 2.05) is 44.2 Å². The van der Waals surface area contributed by atoms with Crippen molar-refractivity contribution in [2.24, 2.45) is 0 Å². The van der Waals surface area contributed by atoms with Crippen LogP contribution in [0.3, 0.4) is 0 Å². The fourth-order valence-corrected chi connectivity index (χ4v) is 3.88. The summed E-state index contributed by atoms with van der Waals surface area (Å²) in [5.41, 5.74) is 2.63. The van der Waals surface area contributed by atoms with Gasteiger partial charge in [0.15, 0.2) is 0 Å². The van der Waals surface area contributed by atoms with Gasteiger partial charge in [0.05, 0.1) is 13.2 Å². The summed E-state index contributed by atoms with van der Waals surface area (Å²) < 4.78 is 6.35. The third-order valence-corrected chi connectivity index (χ3v) is 5.65. The van der Waals surface area contributed by atoms with Gasteiger partial charge in [0, 0.05) is 22.1 Å². The Bertz CT molecular complexity index is 867. The number of carbonyl (C=O) groups is 2. The molecule has 0 bridgehead atoms. The van der Waals surface area contributed by atoms with Gasteiger partial charge < -0.3 is 15.0 Å². The zero-order valence-corrected chi connectivity index (χ0v) is 18.0. The summed E-state index contributed by atoms with van der Waals surface area (Å²) >= 11 is 3.38. The summed E-state index contributed by atoms with van der Waals surface area (Å²) in [6, 6.07) is 12.5. The molecule has 0 unspecified atom stereocenters. The van der Waals surface area contributed by atoms with Gasteiger partial charge in [-0.05, 0) is 57.0 Å². The fraction of sp³-hybridized carbons (Fsp3) is 0.364. The highest BCUT2D eigenvalue weighted by Gasteiger charge is 2.35. The maximum Gasteiger partial charge on any atom is 0.254 e. The normalized spacial score (nSPS) is 17.3. The lowest BCUT2D eigenvalue weighted by Gasteiger charge is -2.26. The lowest BCUT2D eigenvalue weighted by Crippen LogP contribution is -2.46. The molecule has 5 nitrogen and oxygen atoms in total. The Labute approximate surface area is 174 Å².